The van der Waals surface area contributed by atoms with Crippen LogP contribution in [0.1, 0.15) is 52.3 Å². The third kappa shape index (κ3) is 3.18. The Balaban J connectivity index is 2.48. The molecule has 0 radical (unpaired) electrons. The van der Waals surface area contributed by atoms with Crippen LogP contribution in [0.5, 0.6) is 0 Å². The SMILES string of the molecule is CCCn1c(C(CN)CC(C)(C)C)nc2cnccc21. The molecule has 2 rings (SSSR count). The second kappa shape index (κ2) is 5.92. The zero-order chi connectivity index (χ0) is 14.8. The molecule has 0 spiro atoms. The standard InChI is InChI=1S/C16H26N4/c1-5-8-20-14-6-7-18-11-13(14)19-15(20)12(10-17)9-16(2,3)4/h6-7,11-12H,5,8-10,17H2,1-4H3. The van der Waals surface area contributed by atoms with Crippen LogP contribution < -0.4 is 5.73 Å². The number of rotatable bonds is 5. The monoisotopic (exact) mass is 274 g/mol. The van der Waals surface area contributed by atoms with Crippen molar-refractivity contribution in [1.82, 2.24) is 14.5 Å². The van der Waals surface area contributed by atoms with Gasteiger partial charge in [-0.3, -0.25) is 4.98 Å². The van der Waals surface area contributed by atoms with E-state index < -0.39 is 0 Å². The molecule has 0 aliphatic carbocycles. The highest BCUT2D eigenvalue weighted by molar-refractivity contribution is 5.74. The Kier molecular flexibility index (Phi) is 4.43. The second-order valence-electron chi connectivity index (χ2n) is 6.68. The summed E-state index contributed by atoms with van der Waals surface area (Å²) in [4.78, 5) is 8.99. The molecule has 110 valence electrons. The van der Waals surface area contributed by atoms with Gasteiger partial charge in [-0.25, -0.2) is 4.98 Å². The van der Waals surface area contributed by atoms with Crippen LogP contribution in [-0.2, 0) is 6.54 Å². The summed E-state index contributed by atoms with van der Waals surface area (Å²) in [6, 6.07) is 2.05. The third-order valence-electron chi connectivity index (χ3n) is 3.54. The smallest absolute Gasteiger partial charge is 0.114 e. The number of hydrogen-bond acceptors (Lipinski definition) is 3. The first-order chi connectivity index (χ1) is 9.46. The zero-order valence-corrected chi connectivity index (χ0v) is 13.1. The minimum atomic E-state index is 0.247. The predicted octanol–water partition coefficient (Wildman–Crippen LogP) is 3.32. The quantitative estimate of drug-likeness (QED) is 0.910. The van der Waals surface area contributed by atoms with Crippen LogP contribution in [0.3, 0.4) is 0 Å². The zero-order valence-electron chi connectivity index (χ0n) is 13.1. The highest BCUT2D eigenvalue weighted by Crippen LogP contribution is 2.31. The van der Waals surface area contributed by atoms with Gasteiger partial charge < -0.3 is 10.3 Å². The molecule has 0 aliphatic rings. The second-order valence-corrected chi connectivity index (χ2v) is 6.68. The Hall–Kier alpha value is -1.42. The van der Waals surface area contributed by atoms with Crippen molar-refractivity contribution < 1.29 is 0 Å². The van der Waals surface area contributed by atoms with Crippen LogP contribution in [-0.4, -0.2) is 21.1 Å². The van der Waals surface area contributed by atoms with Crippen molar-refractivity contribution in [2.45, 2.75) is 53.0 Å². The molecule has 0 saturated carbocycles. The van der Waals surface area contributed by atoms with Crippen molar-refractivity contribution in [3.8, 4) is 0 Å². The van der Waals surface area contributed by atoms with E-state index in [4.69, 9.17) is 10.7 Å². The van der Waals surface area contributed by atoms with Gasteiger partial charge in [-0.05, 0) is 24.3 Å². The molecule has 1 unspecified atom stereocenters. The summed E-state index contributed by atoms with van der Waals surface area (Å²) in [5, 5.41) is 0. The Bertz CT molecular complexity index is 565. The highest BCUT2D eigenvalue weighted by Gasteiger charge is 2.24. The number of nitrogens with two attached hydrogens (primary N) is 1. The average Bonchev–Trinajstić information content (AvgIpc) is 2.75. The van der Waals surface area contributed by atoms with Crippen molar-refractivity contribution >= 4 is 11.0 Å². The summed E-state index contributed by atoms with van der Waals surface area (Å²) >= 11 is 0. The maximum absolute atomic E-state index is 6.03. The maximum atomic E-state index is 6.03. The molecule has 2 heterocycles. The van der Waals surface area contributed by atoms with Crippen LogP contribution in [0.25, 0.3) is 11.0 Å². The summed E-state index contributed by atoms with van der Waals surface area (Å²) in [7, 11) is 0. The first-order valence-corrected chi connectivity index (χ1v) is 7.46. The molecule has 0 aromatic carbocycles. The van der Waals surface area contributed by atoms with E-state index in [1.54, 1.807) is 0 Å². The molecule has 0 fully saturated rings. The minimum Gasteiger partial charge on any atom is -0.330 e. The number of hydrogen-bond donors (Lipinski definition) is 1. The fraction of sp³-hybridized carbons (Fsp3) is 0.625. The fourth-order valence-corrected chi connectivity index (χ4v) is 2.79. The van der Waals surface area contributed by atoms with Gasteiger partial charge in [0.05, 0.1) is 11.7 Å². The van der Waals surface area contributed by atoms with E-state index in [1.807, 2.05) is 18.5 Å². The highest BCUT2D eigenvalue weighted by atomic mass is 15.1. The first kappa shape index (κ1) is 15.0. The van der Waals surface area contributed by atoms with Crippen molar-refractivity contribution in [1.29, 1.82) is 0 Å². The van der Waals surface area contributed by atoms with E-state index >= 15 is 0 Å². The molecule has 0 saturated heterocycles. The third-order valence-corrected chi connectivity index (χ3v) is 3.54. The molecule has 20 heavy (non-hydrogen) atoms. The van der Waals surface area contributed by atoms with Crippen molar-refractivity contribution in [2.75, 3.05) is 6.54 Å². The number of nitrogens with zero attached hydrogens (tertiary/aromatic N) is 3. The average molecular weight is 274 g/mol. The van der Waals surface area contributed by atoms with E-state index in [2.05, 4.69) is 37.2 Å². The fourth-order valence-electron chi connectivity index (χ4n) is 2.79. The molecular weight excluding hydrogens is 248 g/mol. The number of aromatic nitrogens is 3. The molecule has 2 aromatic heterocycles. The van der Waals surface area contributed by atoms with Gasteiger partial charge in [0.1, 0.15) is 11.3 Å². The van der Waals surface area contributed by atoms with Gasteiger partial charge >= 0.3 is 0 Å². The molecule has 0 bridgehead atoms. The van der Waals surface area contributed by atoms with E-state index in [1.165, 1.54) is 5.52 Å². The van der Waals surface area contributed by atoms with E-state index in [0.717, 1.165) is 30.7 Å². The van der Waals surface area contributed by atoms with Gasteiger partial charge in [0.25, 0.3) is 0 Å². The van der Waals surface area contributed by atoms with Gasteiger partial charge in [0.15, 0.2) is 0 Å². The van der Waals surface area contributed by atoms with Crippen LogP contribution in [0.4, 0.5) is 0 Å². The van der Waals surface area contributed by atoms with Crippen LogP contribution in [0.15, 0.2) is 18.5 Å². The summed E-state index contributed by atoms with van der Waals surface area (Å²) in [6.07, 6.45) is 5.81. The topological polar surface area (TPSA) is 56.7 Å². The number of fused-ring (bicyclic) bond motifs is 1. The van der Waals surface area contributed by atoms with Gasteiger partial charge in [-0.15, -0.1) is 0 Å². The summed E-state index contributed by atoms with van der Waals surface area (Å²) < 4.78 is 2.32. The normalized spacial score (nSPS) is 13.8. The minimum absolute atomic E-state index is 0.247. The van der Waals surface area contributed by atoms with Gasteiger partial charge in [0.2, 0.25) is 0 Å². The predicted molar refractivity (Wildman–Crippen MR) is 83.7 cm³/mol. The van der Waals surface area contributed by atoms with Crippen molar-refractivity contribution in [2.24, 2.45) is 11.1 Å². The van der Waals surface area contributed by atoms with Gasteiger partial charge in [-0.1, -0.05) is 27.7 Å². The maximum Gasteiger partial charge on any atom is 0.114 e. The number of aryl methyl sites for hydroxylation is 1. The molecular formula is C16H26N4. The molecule has 0 amide bonds. The molecule has 2 N–H and O–H groups in total. The number of imidazole rings is 1. The first-order valence-electron chi connectivity index (χ1n) is 7.46. The Morgan fingerprint density at radius 2 is 2.10 bits per heavy atom. The summed E-state index contributed by atoms with van der Waals surface area (Å²) in [5.74, 6) is 1.42. The largest absolute Gasteiger partial charge is 0.330 e. The lowest BCUT2D eigenvalue weighted by molar-refractivity contribution is 0.331. The van der Waals surface area contributed by atoms with Crippen LogP contribution in [0.2, 0.25) is 0 Å². The Morgan fingerprint density at radius 3 is 2.70 bits per heavy atom. The molecule has 1 atom stereocenters. The van der Waals surface area contributed by atoms with Crippen molar-refractivity contribution in [3.63, 3.8) is 0 Å². The van der Waals surface area contributed by atoms with E-state index in [0.29, 0.717) is 12.5 Å². The Labute approximate surface area is 121 Å². The lowest BCUT2D eigenvalue weighted by Crippen LogP contribution is -2.22. The summed E-state index contributed by atoms with van der Waals surface area (Å²) in [5.41, 5.74) is 8.42. The molecule has 4 heteroatoms. The number of pyridine rings is 1. The van der Waals surface area contributed by atoms with Gasteiger partial charge in [0, 0.05) is 25.2 Å². The lowest BCUT2D eigenvalue weighted by atomic mass is 9.84. The molecule has 2 aromatic rings. The van der Waals surface area contributed by atoms with Crippen LogP contribution in [0, 0.1) is 5.41 Å². The van der Waals surface area contributed by atoms with Gasteiger partial charge in [-0.2, -0.15) is 0 Å². The van der Waals surface area contributed by atoms with E-state index in [9.17, 15) is 0 Å². The lowest BCUT2D eigenvalue weighted by Gasteiger charge is -2.25. The molecule has 0 aliphatic heterocycles. The Morgan fingerprint density at radius 1 is 1.35 bits per heavy atom. The van der Waals surface area contributed by atoms with Crippen molar-refractivity contribution in [3.05, 3.63) is 24.3 Å². The molecule has 4 nitrogen and oxygen atoms in total. The van der Waals surface area contributed by atoms with Crippen LogP contribution >= 0.6 is 0 Å². The summed E-state index contributed by atoms with van der Waals surface area (Å²) in [6.45, 7) is 10.6. The van der Waals surface area contributed by atoms with E-state index in [-0.39, 0.29) is 5.41 Å².